The van der Waals surface area contributed by atoms with Crippen LogP contribution >= 0.6 is 0 Å². The number of anilines is 1. The predicted molar refractivity (Wildman–Crippen MR) is 58.2 cm³/mol. The number of pyridine rings is 1. The summed E-state index contributed by atoms with van der Waals surface area (Å²) in [5.74, 6) is -2.37. The van der Waals surface area contributed by atoms with E-state index in [1.807, 2.05) is 0 Å². The number of hydrogen-bond acceptors (Lipinski definition) is 5. The third kappa shape index (κ3) is 4.77. The molecule has 1 rings (SSSR count). The summed E-state index contributed by atoms with van der Waals surface area (Å²) >= 11 is 0. The second-order valence-corrected chi connectivity index (χ2v) is 4.76. The molecule has 17 heavy (non-hydrogen) atoms. The minimum Gasteiger partial charge on any atom is -0.465 e. The number of sulfonamides is 1. The summed E-state index contributed by atoms with van der Waals surface area (Å²) in [4.78, 5) is 14.3. The molecule has 6 nitrogen and oxygen atoms in total. The Morgan fingerprint density at radius 3 is 2.76 bits per heavy atom. The van der Waals surface area contributed by atoms with E-state index < -0.39 is 27.7 Å². The Bertz CT molecular complexity index is 486. The molecule has 1 aromatic heterocycles. The largest absolute Gasteiger partial charge is 0.465 e. The average Bonchev–Trinajstić information content (AvgIpc) is 2.20. The number of nitrogens with one attached hydrogen (secondary N) is 1. The van der Waals surface area contributed by atoms with Crippen LogP contribution in [0.3, 0.4) is 0 Å². The van der Waals surface area contributed by atoms with E-state index in [1.54, 1.807) is 6.92 Å². The summed E-state index contributed by atoms with van der Waals surface area (Å²) in [7, 11) is -3.86. The molecule has 0 amide bonds. The molecule has 0 bridgehead atoms. The molecule has 0 atom stereocenters. The fraction of sp³-hybridized carbons (Fsp3) is 0.333. The zero-order chi connectivity index (χ0) is 12.9. The third-order valence-electron chi connectivity index (χ3n) is 1.61. The SMILES string of the molecule is CCOC(=O)CS(=O)(=O)Nc1ccc(F)nc1. The number of nitrogens with zero attached hydrogens (tertiary/aromatic N) is 1. The van der Waals surface area contributed by atoms with Gasteiger partial charge in [0.25, 0.3) is 0 Å². The summed E-state index contributed by atoms with van der Waals surface area (Å²) in [6, 6.07) is 2.20. The van der Waals surface area contributed by atoms with Gasteiger partial charge in [-0.25, -0.2) is 13.4 Å². The van der Waals surface area contributed by atoms with E-state index in [2.05, 4.69) is 14.4 Å². The second kappa shape index (κ2) is 5.58. The first kappa shape index (κ1) is 13.4. The van der Waals surface area contributed by atoms with Crippen LogP contribution in [0.1, 0.15) is 6.92 Å². The van der Waals surface area contributed by atoms with Gasteiger partial charge in [-0.2, -0.15) is 4.39 Å². The Labute approximate surface area is 97.9 Å². The van der Waals surface area contributed by atoms with E-state index in [0.717, 1.165) is 12.3 Å². The van der Waals surface area contributed by atoms with Gasteiger partial charge in [0.2, 0.25) is 16.0 Å². The highest BCUT2D eigenvalue weighted by Crippen LogP contribution is 2.08. The van der Waals surface area contributed by atoms with Crippen molar-refractivity contribution in [3.63, 3.8) is 0 Å². The van der Waals surface area contributed by atoms with Gasteiger partial charge in [-0.3, -0.25) is 9.52 Å². The molecule has 0 unspecified atom stereocenters. The van der Waals surface area contributed by atoms with Gasteiger partial charge in [0.15, 0.2) is 5.75 Å². The molecule has 0 saturated heterocycles. The quantitative estimate of drug-likeness (QED) is 0.618. The fourth-order valence-corrected chi connectivity index (χ4v) is 1.96. The monoisotopic (exact) mass is 262 g/mol. The van der Waals surface area contributed by atoms with Gasteiger partial charge < -0.3 is 4.74 Å². The molecule has 8 heteroatoms. The topological polar surface area (TPSA) is 85.4 Å². The van der Waals surface area contributed by atoms with E-state index in [9.17, 15) is 17.6 Å². The molecule has 0 aliphatic carbocycles. The first-order chi connectivity index (χ1) is 7.93. The smallest absolute Gasteiger partial charge is 0.323 e. The molecule has 1 aromatic rings. The molecule has 94 valence electrons. The van der Waals surface area contributed by atoms with E-state index in [0.29, 0.717) is 0 Å². The van der Waals surface area contributed by atoms with Gasteiger partial charge in [0.1, 0.15) is 0 Å². The Morgan fingerprint density at radius 1 is 1.53 bits per heavy atom. The van der Waals surface area contributed by atoms with Crippen LogP contribution in [0.2, 0.25) is 0 Å². The zero-order valence-corrected chi connectivity index (χ0v) is 9.83. The molecular weight excluding hydrogens is 251 g/mol. The maximum Gasteiger partial charge on any atom is 0.323 e. The lowest BCUT2D eigenvalue weighted by Crippen LogP contribution is -2.24. The molecule has 0 spiro atoms. The number of hydrogen-bond donors (Lipinski definition) is 1. The lowest BCUT2D eigenvalue weighted by molar-refractivity contribution is -0.139. The Hall–Kier alpha value is -1.70. The predicted octanol–water partition coefficient (Wildman–Crippen LogP) is 0.525. The van der Waals surface area contributed by atoms with E-state index in [1.165, 1.54) is 6.07 Å². The number of ether oxygens (including phenoxy) is 1. The lowest BCUT2D eigenvalue weighted by atomic mass is 10.4. The van der Waals surface area contributed by atoms with Gasteiger partial charge in [-0.05, 0) is 19.1 Å². The molecule has 1 heterocycles. The van der Waals surface area contributed by atoms with Crippen molar-refractivity contribution in [3.05, 3.63) is 24.3 Å². The highest BCUT2D eigenvalue weighted by Gasteiger charge is 2.17. The van der Waals surface area contributed by atoms with Gasteiger partial charge in [0.05, 0.1) is 18.5 Å². The molecule has 0 aliphatic heterocycles. The van der Waals surface area contributed by atoms with E-state index in [4.69, 9.17) is 0 Å². The van der Waals surface area contributed by atoms with Crippen LogP contribution in [0.25, 0.3) is 0 Å². The highest BCUT2D eigenvalue weighted by atomic mass is 32.2. The minimum absolute atomic E-state index is 0.0794. The van der Waals surface area contributed by atoms with Gasteiger partial charge in [0, 0.05) is 0 Å². The third-order valence-corrected chi connectivity index (χ3v) is 2.78. The van der Waals surface area contributed by atoms with Crippen LogP contribution in [-0.4, -0.2) is 31.7 Å². The standard InChI is InChI=1S/C9H11FN2O4S/c1-2-16-9(13)6-17(14,15)12-7-3-4-8(10)11-5-7/h3-5,12H,2,6H2,1H3. The Kier molecular flexibility index (Phi) is 4.38. The molecule has 0 fully saturated rings. The van der Waals surface area contributed by atoms with Gasteiger partial charge in [-0.15, -0.1) is 0 Å². The average molecular weight is 262 g/mol. The van der Waals surface area contributed by atoms with Crippen molar-refractivity contribution in [2.75, 3.05) is 17.1 Å². The number of carbonyl (C=O) groups excluding carboxylic acids is 1. The number of rotatable bonds is 5. The fourth-order valence-electron chi connectivity index (χ4n) is 1.01. The van der Waals surface area contributed by atoms with Crippen LogP contribution in [0.4, 0.5) is 10.1 Å². The normalized spacial score (nSPS) is 10.9. The van der Waals surface area contributed by atoms with Crippen LogP contribution in [-0.2, 0) is 19.6 Å². The summed E-state index contributed by atoms with van der Waals surface area (Å²) in [6.45, 7) is 1.67. The number of esters is 1. The zero-order valence-electron chi connectivity index (χ0n) is 9.01. The van der Waals surface area contributed by atoms with E-state index >= 15 is 0 Å². The van der Waals surface area contributed by atoms with Crippen LogP contribution < -0.4 is 4.72 Å². The molecule has 0 radical (unpaired) electrons. The van der Waals surface area contributed by atoms with Crippen molar-refractivity contribution in [3.8, 4) is 0 Å². The Balaban J connectivity index is 2.66. The molecule has 1 N–H and O–H groups in total. The summed E-state index contributed by atoms with van der Waals surface area (Å²) in [5.41, 5.74) is 0.0794. The van der Waals surface area contributed by atoms with Crippen molar-refractivity contribution in [2.24, 2.45) is 0 Å². The number of carbonyl (C=O) groups is 1. The summed E-state index contributed by atoms with van der Waals surface area (Å²) < 4.78 is 41.9. The maximum absolute atomic E-state index is 12.5. The van der Waals surface area contributed by atoms with Crippen molar-refractivity contribution < 1.29 is 22.3 Å². The number of aromatic nitrogens is 1. The van der Waals surface area contributed by atoms with E-state index in [-0.39, 0.29) is 12.3 Å². The van der Waals surface area contributed by atoms with Crippen molar-refractivity contribution in [2.45, 2.75) is 6.92 Å². The van der Waals surface area contributed by atoms with Crippen LogP contribution in [0.5, 0.6) is 0 Å². The Morgan fingerprint density at radius 2 is 2.24 bits per heavy atom. The first-order valence-electron chi connectivity index (χ1n) is 4.70. The molecule has 0 aliphatic rings. The summed E-state index contributed by atoms with van der Waals surface area (Å²) in [6.07, 6.45) is 1.01. The van der Waals surface area contributed by atoms with Crippen molar-refractivity contribution in [1.82, 2.24) is 4.98 Å². The highest BCUT2D eigenvalue weighted by molar-refractivity contribution is 7.93. The van der Waals surface area contributed by atoms with Crippen LogP contribution in [0, 0.1) is 5.95 Å². The van der Waals surface area contributed by atoms with Gasteiger partial charge >= 0.3 is 5.97 Å². The minimum atomic E-state index is -3.86. The van der Waals surface area contributed by atoms with Crippen molar-refractivity contribution in [1.29, 1.82) is 0 Å². The van der Waals surface area contributed by atoms with Crippen molar-refractivity contribution >= 4 is 21.7 Å². The molecular formula is C9H11FN2O4S. The first-order valence-corrected chi connectivity index (χ1v) is 6.36. The summed E-state index contributed by atoms with van der Waals surface area (Å²) in [5, 5.41) is 0. The van der Waals surface area contributed by atoms with Gasteiger partial charge in [-0.1, -0.05) is 0 Å². The maximum atomic E-state index is 12.5. The molecule has 0 aromatic carbocycles. The van der Waals surface area contributed by atoms with Crippen LogP contribution in [0.15, 0.2) is 18.3 Å². The second-order valence-electron chi connectivity index (χ2n) is 3.04. The number of halogens is 1. The molecule has 0 saturated carbocycles. The lowest BCUT2D eigenvalue weighted by Gasteiger charge is -2.06.